The number of nitrogens with zero attached hydrogens (tertiary/aromatic N) is 3. The number of carbonyl (C=O) groups is 1. The zero-order valence-corrected chi connectivity index (χ0v) is 19.6. The van der Waals surface area contributed by atoms with Crippen molar-refractivity contribution in [3.8, 4) is 5.75 Å². The van der Waals surface area contributed by atoms with Gasteiger partial charge in [-0.25, -0.2) is 9.37 Å². The summed E-state index contributed by atoms with van der Waals surface area (Å²) >= 11 is 0. The van der Waals surface area contributed by atoms with Gasteiger partial charge in [-0.15, -0.1) is 0 Å². The average Bonchev–Trinajstić information content (AvgIpc) is 3.43. The Morgan fingerprint density at radius 2 is 1.91 bits per heavy atom. The van der Waals surface area contributed by atoms with Crippen LogP contribution in [0.5, 0.6) is 5.75 Å². The minimum atomic E-state index is -0.770. The van der Waals surface area contributed by atoms with Gasteiger partial charge in [-0.2, -0.15) is 0 Å². The number of carbonyl (C=O) groups excluding carboxylic acids is 1. The van der Waals surface area contributed by atoms with Gasteiger partial charge >= 0.3 is 0 Å². The number of imidazole rings is 1. The number of aliphatic hydroxyl groups excluding tert-OH is 1. The molecule has 180 valence electrons. The molecular formula is C28H28FN3O3. The van der Waals surface area contributed by atoms with Crippen molar-refractivity contribution in [1.82, 2.24) is 9.55 Å². The molecule has 0 spiro atoms. The number of para-hydroxylation sites is 2. The summed E-state index contributed by atoms with van der Waals surface area (Å²) in [5.41, 5.74) is 3.47. The maximum absolute atomic E-state index is 13.8. The summed E-state index contributed by atoms with van der Waals surface area (Å²) < 4.78 is 21.6. The fraction of sp³-hybridized carbons (Fsp3) is 0.286. The van der Waals surface area contributed by atoms with Crippen LogP contribution >= 0.6 is 0 Å². The number of ether oxygens (including phenoxy) is 1. The number of aryl methyl sites for hydroxylation is 1. The molecule has 1 amide bonds. The largest absolute Gasteiger partial charge is 0.491 e. The third-order valence-electron chi connectivity index (χ3n) is 6.46. The fourth-order valence-electron chi connectivity index (χ4n) is 4.65. The Balaban J connectivity index is 1.36. The lowest BCUT2D eigenvalue weighted by Gasteiger charge is -2.19. The van der Waals surface area contributed by atoms with E-state index in [0.29, 0.717) is 18.0 Å². The third kappa shape index (κ3) is 4.91. The van der Waals surface area contributed by atoms with Crippen molar-refractivity contribution in [1.29, 1.82) is 0 Å². The average molecular weight is 474 g/mol. The first-order valence-corrected chi connectivity index (χ1v) is 11.9. The summed E-state index contributed by atoms with van der Waals surface area (Å²) in [6, 6.07) is 21.7. The van der Waals surface area contributed by atoms with Crippen LogP contribution in [0.3, 0.4) is 0 Å². The molecule has 6 nitrogen and oxygen atoms in total. The summed E-state index contributed by atoms with van der Waals surface area (Å²) in [5, 5.41) is 10.8. The SMILES string of the molecule is CCc1ccc(OC[C@@H](O)Cn2c([C@H]3CC(=O)N(c4cccc(F)c4)C3)nc3ccccc32)cc1. The minimum Gasteiger partial charge on any atom is -0.491 e. The van der Waals surface area contributed by atoms with Crippen LogP contribution in [0.15, 0.2) is 72.8 Å². The highest BCUT2D eigenvalue weighted by Crippen LogP contribution is 2.33. The van der Waals surface area contributed by atoms with E-state index in [0.717, 1.165) is 23.3 Å². The summed E-state index contributed by atoms with van der Waals surface area (Å²) in [5.74, 6) is 0.832. The Hall–Kier alpha value is -3.71. The van der Waals surface area contributed by atoms with E-state index >= 15 is 0 Å². The molecule has 0 unspecified atom stereocenters. The van der Waals surface area contributed by atoms with Crippen molar-refractivity contribution in [2.24, 2.45) is 0 Å². The Bertz CT molecular complexity index is 1340. The van der Waals surface area contributed by atoms with Gasteiger partial charge in [0, 0.05) is 24.6 Å². The van der Waals surface area contributed by atoms with Gasteiger partial charge in [0.1, 0.15) is 30.1 Å². The highest BCUT2D eigenvalue weighted by molar-refractivity contribution is 5.96. The van der Waals surface area contributed by atoms with Gasteiger partial charge in [0.15, 0.2) is 0 Å². The molecular weight excluding hydrogens is 445 g/mol. The molecule has 1 aliphatic rings. The van der Waals surface area contributed by atoms with Gasteiger partial charge in [-0.3, -0.25) is 4.79 Å². The molecule has 5 rings (SSSR count). The molecule has 7 heteroatoms. The second-order valence-electron chi connectivity index (χ2n) is 8.92. The molecule has 35 heavy (non-hydrogen) atoms. The van der Waals surface area contributed by atoms with Crippen LogP contribution in [0.25, 0.3) is 11.0 Å². The molecule has 0 saturated carbocycles. The smallest absolute Gasteiger partial charge is 0.227 e. The van der Waals surface area contributed by atoms with Gasteiger partial charge in [0.05, 0.1) is 17.6 Å². The molecule has 1 aromatic heterocycles. The summed E-state index contributed by atoms with van der Waals surface area (Å²) in [6.45, 7) is 2.92. The number of fused-ring (bicyclic) bond motifs is 1. The molecule has 4 aromatic rings. The summed E-state index contributed by atoms with van der Waals surface area (Å²) in [4.78, 5) is 19.3. The highest BCUT2D eigenvalue weighted by atomic mass is 19.1. The molecule has 1 N–H and O–H groups in total. The van der Waals surface area contributed by atoms with E-state index in [1.165, 1.54) is 17.7 Å². The minimum absolute atomic E-state index is 0.0707. The van der Waals surface area contributed by atoms with Crippen LogP contribution in [0.1, 0.15) is 30.7 Å². The molecule has 0 bridgehead atoms. The van der Waals surface area contributed by atoms with Crippen LogP contribution in [0.2, 0.25) is 0 Å². The Labute approximate surface area is 203 Å². The third-order valence-corrected chi connectivity index (χ3v) is 6.46. The lowest BCUT2D eigenvalue weighted by atomic mass is 10.1. The number of benzene rings is 3. The molecule has 3 aromatic carbocycles. The van der Waals surface area contributed by atoms with Crippen LogP contribution in [-0.4, -0.2) is 39.8 Å². The number of aromatic nitrogens is 2. The van der Waals surface area contributed by atoms with Gasteiger partial charge < -0.3 is 19.3 Å². The monoisotopic (exact) mass is 473 g/mol. The van der Waals surface area contributed by atoms with Crippen LogP contribution in [-0.2, 0) is 17.8 Å². The van der Waals surface area contributed by atoms with Crippen molar-refractivity contribution in [3.63, 3.8) is 0 Å². The van der Waals surface area contributed by atoms with Gasteiger partial charge in [-0.1, -0.05) is 37.3 Å². The second kappa shape index (κ2) is 9.88. The Morgan fingerprint density at radius 3 is 2.69 bits per heavy atom. The molecule has 1 aliphatic heterocycles. The lowest BCUT2D eigenvalue weighted by molar-refractivity contribution is -0.117. The standard InChI is InChI=1S/C28H28FN3O3/c1-2-19-10-12-24(13-11-19)35-18-23(33)17-32-26-9-4-3-8-25(26)30-28(32)20-14-27(34)31(16-20)22-7-5-6-21(29)15-22/h3-13,15,20,23,33H,2,14,16-18H2,1H3/t20-,23-/m0/s1. The van der Waals surface area contributed by atoms with E-state index < -0.39 is 6.10 Å². The van der Waals surface area contributed by atoms with E-state index in [1.54, 1.807) is 17.0 Å². The first-order chi connectivity index (χ1) is 17.0. The molecule has 1 saturated heterocycles. The molecule has 0 radical (unpaired) electrons. The zero-order chi connectivity index (χ0) is 24.4. The lowest BCUT2D eigenvalue weighted by Crippen LogP contribution is -2.26. The van der Waals surface area contributed by atoms with Gasteiger partial charge in [-0.05, 0) is 54.4 Å². The predicted molar refractivity (Wildman–Crippen MR) is 133 cm³/mol. The van der Waals surface area contributed by atoms with Crippen molar-refractivity contribution in [2.75, 3.05) is 18.1 Å². The van der Waals surface area contributed by atoms with E-state index in [2.05, 4.69) is 6.92 Å². The van der Waals surface area contributed by atoms with Crippen molar-refractivity contribution in [3.05, 3.63) is 90.0 Å². The molecule has 0 aliphatic carbocycles. The first kappa shape index (κ1) is 23.1. The number of halogens is 1. The highest BCUT2D eigenvalue weighted by Gasteiger charge is 2.35. The normalized spacial score (nSPS) is 16.7. The number of amides is 1. The maximum atomic E-state index is 13.8. The number of aliphatic hydroxyl groups is 1. The number of rotatable bonds is 8. The van der Waals surface area contributed by atoms with E-state index in [9.17, 15) is 14.3 Å². The molecule has 2 atom stereocenters. The summed E-state index contributed by atoms with van der Waals surface area (Å²) in [6.07, 6.45) is 0.462. The van der Waals surface area contributed by atoms with Crippen molar-refractivity contribution >= 4 is 22.6 Å². The number of anilines is 1. The van der Waals surface area contributed by atoms with E-state index in [-0.39, 0.29) is 37.2 Å². The number of hydrogen-bond acceptors (Lipinski definition) is 4. The van der Waals surface area contributed by atoms with E-state index in [4.69, 9.17) is 9.72 Å². The zero-order valence-electron chi connectivity index (χ0n) is 19.6. The van der Waals surface area contributed by atoms with Crippen molar-refractivity contribution < 1.29 is 19.0 Å². The van der Waals surface area contributed by atoms with Crippen LogP contribution in [0.4, 0.5) is 10.1 Å². The van der Waals surface area contributed by atoms with Gasteiger partial charge in [0.25, 0.3) is 0 Å². The quantitative estimate of drug-likeness (QED) is 0.403. The molecule has 1 fully saturated rings. The van der Waals surface area contributed by atoms with E-state index in [1.807, 2.05) is 53.1 Å². The number of hydrogen-bond donors (Lipinski definition) is 1. The Morgan fingerprint density at radius 1 is 1.11 bits per heavy atom. The summed E-state index contributed by atoms with van der Waals surface area (Å²) in [7, 11) is 0. The van der Waals surface area contributed by atoms with Crippen LogP contribution in [0, 0.1) is 5.82 Å². The first-order valence-electron chi connectivity index (χ1n) is 11.9. The fourth-order valence-corrected chi connectivity index (χ4v) is 4.65. The van der Waals surface area contributed by atoms with Crippen molar-refractivity contribution in [2.45, 2.75) is 38.3 Å². The predicted octanol–water partition coefficient (Wildman–Crippen LogP) is 4.70. The second-order valence-corrected chi connectivity index (χ2v) is 8.92. The Kier molecular flexibility index (Phi) is 6.51. The van der Waals surface area contributed by atoms with Crippen LogP contribution < -0.4 is 9.64 Å². The topological polar surface area (TPSA) is 67.6 Å². The maximum Gasteiger partial charge on any atom is 0.227 e. The van der Waals surface area contributed by atoms with Gasteiger partial charge in [0.2, 0.25) is 5.91 Å². The molecule has 2 heterocycles.